The van der Waals surface area contributed by atoms with E-state index in [0.717, 1.165) is 19.3 Å². The summed E-state index contributed by atoms with van der Waals surface area (Å²) in [5, 5.41) is 0. The monoisotopic (exact) mass is 349 g/mol. The molecule has 8 heteroatoms. The normalized spacial score (nSPS) is 17.6. The zero-order valence-corrected chi connectivity index (χ0v) is 15.8. The van der Waals surface area contributed by atoms with Gasteiger partial charge in [0, 0.05) is 33.2 Å². The third kappa shape index (κ3) is 7.05. The van der Waals surface area contributed by atoms with E-state index in [1.165, 1.54) is 4.31 Å². The van der Waals surface area contributed by atoms with Gasteiger partial charge in [-0.25, -0.2) is 9.52 Å². The number of nitrogens with one attached hydrogen (secondary N) is 1. The number of likely N-dealkylation sites (tertiary alicyclic amines) is 1. The Morgan fingerprint density at radius 1 is 1.30 bits per heavy atom. The van der Waals surface area contributed by atoms with E-state index in [0.29, 0.717) is 26.2 Å². The van der Waals surface area contributed by atoms with Crippen LogP contribution in [0.3, 0.4) is 0 Å². The number of piperidine rings is 1. The Labute approximate surface area is 140 Å². The molecule has 7 nitrogen and oxygen atoms in total. The zero-order chi connectivity index (χ0) is 17.7. The maximum atomic E-state index is 12.0. The van der Waals surface area contributed by atoms with Crippen molar-refractivity contribution in [3.63, 3.8) is 0 Å². The Morgan fingerprint density at radius 2 is 1.87 bits per heavy atom. The van der Waals surface area contributed by atoms with E-state index in [-0.39, 0.29) is 12.0 Å². The molecular weight excluding hydrogens is 318 g/mol. The molecule has 1 N–H and O–H groups in total. The molecule has 0 aromatic carbocycles. The molecule has 0 saturated carbocycles. The van der Waals surface area contributed by atoms with Crippen LogP contribution in [0.25, 0.3) is 0 Å². The lowest BCUT2D eigenvalue weighted by molar-refractivity contribution is 0.0179. The van der Waals surface area contributed by atoms with Gasteiger partial charge in [0.15, 0.2) is 0 Å². The van der Waals surface area contributed by atoms with Gasteiger partial charge in [-0.2, -0.15) is 12.7 Å². The molecule has 0 aromatic heterocycles. The van der Waals surface area contributed by atoms with Gasteiger partial charge in [0.05, 0.1) is 0 Å². The molecule has 0 radical (unpaired) electrons. The predicted molar refractivity (Wildman–Crippen MR) is 90.4 cm³/mol. The molecule has 1 rings (SSSR count). The number of ether oxygens (including phenoxy) is 1. The standard InChI is InChI=1S/C15H31N3O4S/c1-6-9-16-23(20,21)17(5)12-13-7-10-18(11-8-13)14(19)22-15(2,3)4/h13,16H,6-12H2,1-5H3. The van der Waals surface area contributed by atoms with E-state index in [9.17, 15) is 13.2 Å². The van der Waals surface area contributed by atoms with Gasteiger partial charge in [-0.1, -0.05) is 6.92 Å². The topological polar surface area (TPSA) is 79.0 Å². The van der Waals surface area contributed by atoms with Crippen LogP contribution in [-0.4, -0.2) is 62.5 Å². The highest BCUT2D eigenvalue weighted by Gasteiger charge is 2.29. The minimum absolute atomic E-state index is 0.261. The summed E-state index contributed by atoms with van der Waals surface area (Å²) in [5.41, 5.74) is -0.493. The van der Waals surface area contributed by atoms with Crippen LogP contribution in [0.1, 0.15) is 47.0 Å². The van der Waals surface area contributed by atoms with Crippen LogP contribution < -0.4 is 4.72 Å². The molecular formula is C15H31N3O4S. The minimum atomic E-state index is -3.40. The predicted octanol–water partition coefficient (Wildman–Crippen LogP) is 1.81. The van der Waals surface area contributed by atoms with Crippen LogP contribution in [0.15, 0.2) is 0 Å². The summed E-state index contributed by atoms with van der Waals surface area (Å²) < 4.78 is 33.3. The van der Waals surface area contributed by atoms with Crippen molar-refractivity contribution in [2.24, 2.45) is 5.92 Å². The fraction of sp³-hybridized carbons (Fsp3) is 0.933. The first kappa shape index (κ1) is 20.2. The SMILES string of the molecule is CCCNS(=O)(=O)N(C)CC1CCN(C(=O)OC(C)(C)C)CC1. The van der Waals surface area contributed by atoms with Crippen LogP contribution in [-0.2, 0) is 14.9 Å². The highest BCUT2D eigenvalue weighted by molar-refractivity contribution is 7.87. The van der Waals surface area contributed by atoms with Crippen molar-refractivity contribution in [3.8, 4) is 0 Å². The molecule has 0 aliphatic carbocycles. The van der Waals surface area contributed by atoms with Crippen molar-refractivity contribution in [1.29, 1.82) is 0 Å². The van der Waals surface area contributed by atoms with E-state index in [4.69, 9.17) is 4.74 Å². The number of hydrogen-bond acceptors (Lipinski definition) is 4. The van der Waals surface area contributed by atoms with Crippen molar-refractivity contribution in [2.75, 3.05) is 33.2 Å². The molecule has 23 heavy (non-hydrogen) atoms. The molecule has 1 aliphatic rings. The lowest BCUT2D eigenvalue weighted by Crippen LogP contribution is -2.45. The Morgan fingerprint density at radius 3 is 2.35 bits per heavy atom. The Kier molecular flexibility index (Phi) is 7.29. The number of carbonyl (C=O) groups excluding carboxylic acids is 1. The van der Waals surface area contributed by atoms with Crippen molar-refractivity contribution in [3.05, 3.63) is 0 Å². The fourth-order valence-corrected chi connectivity index (χ4v) is 3.52. The maximum absolute atomic E-state index is 12.0. The lowest BCUT2D eigenvalue weighted by atomic mass is 9.97. The number of carbonyl (C=O) groups is 1. The van der Waals surface area contributed by atoms with Gasteiger partial charge in [0.25, 0.3) is 10.2 Å². The van der Waals surface area contributed by atoms with Gasteiger partial charge in [0.2, 0.25) is 0 Å². The van der Waals surface area contributed by atoms with Crippen LogP contribution in [0, 0.1) is 5.92 Å². The Bertz CT molecular complexity index is 479. The molecule has 1 aliphatic heterocycles. The largest absolute Gasteiger partial charge is 0.444 e. The van der Waals surface area contributed by atoms with Gasteiger partial charge in [-0.15, -0.1) is 0 Å². The summed E-state index contributed by atoms with van der Waals surface area (Å²) >= 11 is 0. The molecule has 0 atom stereocenters. The van der Waals surface area contributed by atoms with Gasteiger partial charge in [-0.3, -0.25) is 0 Å². The van der Waals surface area contributed by atoms with E-state index < -0.39 is 15.8 Å². The maximum Gasteiger partial charge on any atom is 0.410 e. The van der Waals surface area contributed by atoms with Crippen molar-refractivity contribution in [1.82, 2.24) is 13.9 Å². The van der Waals surface area contributed by atoms with Crippen LogP contribution >= 0.6 is 0 Å². The third-order valence-electron chi connectivity index (χ3n) is 3.73. The second-order valence-electron chi connectivity index (χ2n) is 7.09. The summed E-state index contributed by atoms with van der Waals surface area (Å²) in [6.45, 7) is 9.61. The van der Waals surface area contributed by atoms with Crippen molar-refractivity contribution >= 4 is 16.3 Å². The van der Waals surface area contributed by atoms with Crippen molar-refractivity contribution < 1.29 is 17.9 Å². The summed E-state index contributed by atoms with van der Waals surface area (Å²) in [4.78, 5) is 13.7. The molecule has 1 saturated heterocycles. The highest BCUT2D eigenvalue weighted by Crippen LogP contribution is 2.21. The zero-order valence-electron chi connectivity index (χ0n) is 15.0. The summed E-state index contributed by atoms with van der Waals surface area (Å²) in [6, 6.07) is 0. The molecule has 0 unspecified atom stereocenters. The van der Waals surface area contributed by atoms with Crippen LogP contribution in [0.4, 0.5) is 4.79 Å². The summed E-state index contributed by atoms with van der Waals surface area (Å²) in [6.07, 6.45) is 2.04. The number of rotatable bonds is 6. The quantitative estimate of drug-likeness (QED) is 0.793. The van der Waals surface area contributed by atoms with Gasteiger partial charge in [-0.05, 0) is 46.0 Å². The first-order valence-electron chi connectivity index (χ1n) is 8.24. The van der Waals surface area contributed by atoms with Gasteiger partial charge >= 0.3 is 6.09 Å². The van der Waals surface area contributed by atoms with Gasteiger partial charge < -0.3 is 9.64 Å². The first-order chi connectivity index (χ1) is 10.5. The Hall–Kier alpha value is -0.860. The van der Waals surface area contributed by atoms with Crippen molar-refractivity contribution in [2.45, 2.75) is 52.6 Å². The second kappa shape index (κ2) is 8.30. The lowest BCUT2D eigenvalue weighted by Gasteiger charge is -2.34. The van der Waals surface area contributed by atoms with E-state index in [1.807, 2.05) is 27.7 Å². The average Bonchev–Trinajstić information content (AvgIpc) is 2.44. The number of hydrogen-bond donors (Lipinski definition) is 1. The molecule has 0 aromatic rings. The number of nitrogens with zero attached hydrogens (tertiary/aromatic N) is 2. The molecule has 0 bridgehead atoms. The molecule has 136 valence electrons. The van der Waals surface area contributed by atoms with Crippen LogP contribution in [0.5, 0.6) is 0 Å². The fourth-order valence-electron chi connectivity index (χ4n) is 2.43. The minimum Gasteiger partial charge on any atom is -0.444 e. The van der Waals surface area contributed by atoms with E-state index >= 15 is 0 Å². The highest BCUT2D eigenvalue weighted by atomic mass is 32.2. The molecule has 1 amide bonds. The average molecular weight is 349 g/mol. The second-order valence-corrected chi connectivity index (χ2v) is 8.95. The van der Waals surface area contributed by atoms with Crippen LogP contribution in [0.2, 0.25) is 0 Å². The van der Waals surface area contributed by atoms with E-state index in [2.05, 4.69) is 4.72 Å². The summed E-state index contributed by atoms with van der Waals surface area (Å²) in [5.74, 6) is 0.261. The molecule has 0 spiro atoms. The van der Waals surface area contributed by atoms with Gasteiger partial charge in [0.1, 0.15) is 5.60 Å². The molecule has 1 heterocycles. The first-order valence-corrected chi connectivity index (χ1v) is 9.68. The Balaban J connectivity index is 2.43. The molecule has 1 fully saturated rings. The van der Waals surface area contributed by atoms with E-state index in [1.54, 1.807) is 11.9 Å². The summed E-state index contributed by atoms with van der Waals surface area (Å²) in [7, 11) is -1.80. The smallest absolute Gasteiger partial charge is 0.410 e. The number of amides is 1. The third-order valence-corrected chi connectivity index (χ3v) is 5.26.